The Morgan fingerprint density at radius 1 is 0.895 bits per heavy atom. The first kappa shape index (κ1) is 30.8. The van der Waals surface area contributed by atoms with Crippen LogP contribution in [0.1, 0.15) is 63.8 Å². The van der Waals surface area contributed by atoms with Crippen LogP contribution in [0.2, 0.25) is 0 Å². The molecule has 2 heteroatoms. The smallest absolute Gasteiger partial charge is 0.100 e. The van der Waals surface area contributed by atoms with E-state index in [0.29, 0.717) is 12.0 Å². The van der Waals surface area contributed by atoms with Crippen LogP contribution < -0.4 is 0 Å². The van der Waals surface area contributed by atoms with Crippen LogP contribution in [0.5, 0.6) is 0 Å². The zero-order valence-electron chi connectivity index (χ0n) is 8.58. The molecule has 1 saturated carbocycles. The van der Waals surface area contributed by atoms with Crippen molar-refractivity contribution in [3.63, 3.8) is 0 Å². The molecule has 19 heavy (non-hydrogen) atoms. The van der Waals surface area contributed by atoms with Gasteiger partial charge in [-0.1, -0.05) is 64.1 Å². The highest BCUT2D eigenvalue weighted by Crippen LogP contribution is 2.41. The molecule has 2 fully saturated rings. The van der Waals surface area contributed by atoms with Crippen LogP contribution >= 0.6 is 0 Å². The fourth-order valence-corrected chi connectivity index (χ4v) is 2.64. The SMILES string of the molecule is C.C.C.C.C.C.C=C1C2CCCC2N(C)C(=C)N1C. The van der Waals surface area contributed by atoms with Gasteiger partial charge in [-0.15, -0.1) is 0 Å². The summed E-state index contributed by atoms with van der Waals surface area (Å²) in [5, 5.41) is 0. The van der Waals surface area contributed by atoms with Crippen molar-refractivity contribution < 1.29 is 0 Å². The maximum Gasteiger partial charge on any atom is 0.100 e. The van der Waals surface area contributed by atoms with E-state index in [9.17, 15) is 0 Å². The molecular formula is C17H42N2. The summed E-state index contributed by atoms with van der Waals surface area (Å²) in [5.74, 6) is 1.76. The van der Waals surface area contributed by atoms with Crippen molar-refractivity contribution >= 4 is 0 Å². The minimum absolute atomic E-state index is 0. The summed E-state index contributed by atoms with van der Waals surface area (Å²) in [4.78, 5) is 4.44. The summed E-state index contributed by atoms with van der Waals surface area (Å²) in [7, 11) is 4.21. The van der Waals surface area contributed by atoms with Gasteiger partial charge < -0.3 is 9.80 Å². The number of nitrogens with zero attached hydrogens (tertiary/aromatic N) is 2. The summed E-state index contributed by atoms with van der Waals surface area (Å²) in [6, 6.07) is 0.663. The molecular weight excluding hydrogens is 232 g/mol. The van der Waals surface area contributed by atoms with E-state index in [1.54, 1.807) is 0 Å². The predicted octanol–water partition coefficient (Wildman–Crippen LogP) is 5.83. The molecule has 2 rings (SSSR count). The van der Waals surface area contributed by atoms with Crippen LogP contribution in [0.3, 0.4) is 0 Å². The zero-order valence-corrected chi connectivity index (χ0v) is 8.58. The minimum atomic E-state index is 0. The van der Waals surface area contributed by atoms with Gasteiger partial charge in [0.1, 0.15) is 5.82 Å². The van der Waals surface area contributed by atoms with Crippen molar-refractivity contribution in [3.8, 4) is 0 Å². The van der Waals surface area contributed by atoms with E-state index in [4.69, 9.17) is 0 Å². The largest absolute Gasteiger partial charge is 0.358 e. The van der Waals surface area contributed by atoms with Crippen LogP contribution in [0.4, 0.5) is 0 Å². The van der Waals surface area contributed by atoms with Crippen molar-refractivity contribution in [1.82, 2.24) is 9.80 Å². The number of rotatable bonds is 0. The summed E-state index contributed by atoms with van der Waals surface area (Å²) in [6.07, 6.45) is 3.93. The molecule has 2 unspecified atom stereocenters. The third kappa shape index (κ3) is 4.59. The summed E-state index contributed by atoms with van der Waals surface area (Å²) in [6.45, 7) is 8.24. The quantitative estimate of drug-likeness (QED) is 0.548. The highest BCUT2D eigenvalue weighted by atomic mass is 15.4. The van der Waals surface area contributed by atoms with E-state index in [1.165, 1.54) is 25.0 Å². The molecule has 1 saturated heterocycles. The molecule has 0 spiro atoms. The first-order chi connectivity index (χ1) is 6.13. The van der Waals surface area contributed by atoms with Crippen LogP contribution in [0, 0.1) is 5.92 Å². The predicted molar refractivity (Wildman–Crippen MR) is 95.3 cm³/mol. The topological polar surface area (TPSA) is 6.48 Å². The fraction of sp³-hybridized carbons (Fsp3) is 0.765. The molecule has 0 amide bonds. The van der Waals surface area contributed by atoms with Gasteiger partial charge >= 0.3 is 0 Å². The number of hydrogen-bond donors (Lipinski definition) is 0. The Bertz CT molecular complexity index is 258. The molecule has 1 aliphatic heterocycles. The van der Waals surface area contributed by atoms with Gasteiger partial charge in [-0.25, -0.2) is 0 Å². The lowest BCUT2D eigenvalue weighted by atomic mass is 9.95. The highest BCUT2D eigenvalue weighted by Gasteiger charge is 2.39. The molecule has 2 nitrogen and oxygen atoms in total. The van der Waals surface area contributed by atoms with Crippen LogP contribution in [-0.4, -0.2) is 29.9 Å². The highest BCUT2D eigenvalue weighted by molar-refractivity contribution is 5.18. The standard InChI is InChI=1S/C11H18N2.6CH4/c1-8-10-6-5-7-11(10)13(4)9(2)12(8)3;;;;;;/h10-11H,1-2,5-7H2,3-4H3;6*1H4. The third-order valence-corrected chi connectivity index (χ3v) is 3.63. The zero-order chi connectivity index (χ0) is 9.59. The normalized spacial score (nSPS) is 23.3. The van der Waals surface area contributed by atoms with Gasteiger partial charge in [-0.05, 0) is 12.8 Å². The summed E-state index contributed by atoms with van der Waals surface area (Å²) < 4.78 is 0. The average molecular weight is 275 g/mol. The van der Waals surface area contributed by atoms with Crippen LogP contribution in [0.15, 0.2) is 24.7 Å². The molecule has 0 radical (unpaired) electrons. The van der Waals surface area contributed by atoms with Crippen molar-refractivity contribution in [2.24, 2.45) is 5.92 Å². The van der Waals surface area contributed by atoms with E-state index < -0.39 is 0 Å². The second-order valence-corrected chi connectivity index (χ2v) is 4.18. The first-order valence-electron chi connectivity index (χ1n) is 4.97. The van der Waals surface area contributed by atoms with Gasteiger partial charge in [0.25, 0.3) is 0 Å². The van der Waals surface area contributed by atoms with Crippen molar-refractivity contribution in [1.29, 1.82) is 0 Å². The fourth-order valence-electron chi connectivity index (χ4n) is 2.64. The van der Waals surface area contributed by atoms with Gasteiger partial charge in [0.05, 0.1) is 0 Å². The molecule has 0 aromatic heterocycles. The van der Waals surface area contributed by atoms with Crippen molar-refractivity contribution in [3.05, 3.63) is 24.7 Å². The molecule has 2 aliphatic rings. The Hall–Kier alpha value is -0.920. The molecule has 0 N–H and O–H groups in total. The molecule has 1 heterocycles. The average Bonchev–Trinajstić information content (AvgIpc) is 2.59. The molecule has 120 valence electrons. The van der Waals surface area contributed by atoms with E-state index >= 15 is 0 Å². The maximum absolute atomic E-state index is 4.16. The molecule has 0 aromatic carbocycles. The van der Waals surface area contributed by atoms with Crippen LogP contribution in [-0.2, 0) is 0 Å². The van der Waals surface area contributed by atoms with E-state index in [-0.39, 0.29) is 44.6 Å². The Balaban J connectivity index is -0.000000109. The lowest BCUT2D eigenvalue weighted by Gasteiger charge is -2.45. The third-order valence-electron chi connectivity index (χ3n) is 3.63. The summed E-state index contributed by atoms with van der Waals surface area (Å²) in [5.41, 5.74) is 1.26. The lowest BCUT2D eigenvalue weighted by Crippen LogP contribution is -2.46. The molecule has 0 aromatic rings. The van der Waals surface area contributed by atoms with Gasteiger partial charge in [-0.3, -0.25) is 0 Å². The van der Waals surface area contributed by atoms with Gasteiger partial charge in [0.15, 0.2) is 0 Å². The van der Waals surface area contributed by atoms with Gasteiger partial charge in [0, 0.05) is 31.8 Å². The van der Waals surface area contributed by atoms with Gasteiger partial charge in [0.2, 0.25) is 0 Å². The molecule has 1 aliphatic carbocycles. The van der Waals surface area contributed by atoms with E-state index in [0.717, 1.165) is 5.82 Å². The molecule has 0 bridgehead atoms. The van der Waals surface area contributed by atoms with Gasteiger partial charge in [-0.2, -0.15) is 0 Å². The van der Waals surface area contributed by atoms with Crippen molar-refractivity contribution in [2.75, 3.05) is 14.1 Å². The first-order valence-corrected chi connectivity index (χ1v) is 4.97. The van der Waals surface area contributed by atoms with E-state index in [2.05, 4.69) is 37.1 Å². The monoisotopic (exact) mass is 274 g/mol. The summed E-state index contributed by atoms with van der Waals surface area (Å²) >= 11 is 0. The second-order valence-electron chi connectivity index (χ2n) is 4.18. The Kier molecular flexibility index (Phi) is 17.8. The van der Waals surface area contributed by atoms with Crippen LogP contribution in [0.25, 0.3) is 0 Å². The number of hydrogen-bond acceptors (Lipinski definition) is 2. The second kappa shape index (κ2) is 11.0. The Morgan fingerprint density at radius 2 is 1.37 bits per heavy atom. The Labute approximate surface area is 125 Å². The minimum Gasteiger partial charge on any atom is -0.358 e. The molecule has 2 atom stereocenters. The van der Waals surface area contributed by atoms with Crippen molar-refractivity contribution in [2.45, 2.75) is 69.9 Å². The van der Waals surface area contributed by atoms with E-state index in [1.807, 2.05) is 0 Å². The lowest BCUT2D eigenvalue weighted by molar-refractivity contribution is 0.150. The maximum atomic E-state index is 4.16. The Morgan fingerprint density at radius 3 is 1.84 bits per heavy atom. The number of fused-ring (bicyclic) bond motifs is 1.